The number of amides is 1. The van der Waals surface area contributed by atoms with E-state index in [0.717, 1.165) is 18.7 Å². The lowest BCUT2D eigenvalue weighted by atomic mass is 10.3. The average molecular weight is 240 g/mol. The van der Waals surface area contributed by atoms with Gasteiger partial charge in [-0.25, -0.2) is 4.98 Å². The van der Waals surface area contributed by atoms with Crippen molar-refractivity contribution in [3.63, 3.8) is 0 Å². The van der Waals surface area contributed by atoms with Crippen molar-refractivity contribution in [1.29, 1.82) is 0 Å². The zero-order chi connectivity index (χ0) is 12.7. The molecule has 0 saturated heterocycles. The fourth-order valence-electron chi connectivity index (χ4n) is 1.37. The van der Waals surface area contributed by atoms with Gasteiger partial charge in [0.25, 0.3) is 5.91 Å². The molecule has 0 aromatic carbocycles. The van der Waals surface area contributed by atoms with E-state index in [4.69, 9.17) is 4.74 Å². The van der Waals surface area contributed by atoms with Gasteiger partial charge < -0.3 is 10.1 Å². The summed E-state index contributed by atoms with van der Waals surface area (Å²) < 4.78 is 5.21. The summed E-state index contributed by atoms with van der Waals surface area (Å²) in [5.74, 6) is 0.669. The third kappa shape index (κ3) is 4.52. The molecule has 0 fully saturated rings. The van der Waals surface area contributed by atoms with Crippen LogP contribution in [0.4, 0.5) is 0 Å². The van der Waals surface area contributed by atoms with Crippen LogP contribution in [0.3, 0.4) is 0 Å². The lowest BCUT2D eigenvalue weighted by Gasteiger charge is -2.11. The summed E-state index contributed by atoms with van der Waals surface area (Å²) in [5, 5.41) is 9.41. The minimum absolute atomic E-state index is 0.0458. The highest BCUT2D eigenvalue weighted by Crippen LogP contribution is 1.97. The summed E-state index contributed by atoms with van der Waals surface area (Å²) in [6.45, 7) is 6.98. The number of nitrogens with one attached hydrogen (secondary N) is 2. The van der Waals surface area contributed by atoms with Gasteiger partial charge >= 0.3 is 0 Å². The van der Waals surface area contributed by atoms with Crippen LogP contribution in [0.25, 0.3) is 0 Å². The molecule has 2 N–H and O–H groups in total. The Bertz CT molecular complexity index is 351. The number of carbonyl (C=O) groups excluding carboxylic acids is 1. The van der Waals surface area contributed by atoms with Crippen LogP contribution in [0.5, 0.6) is 0 Å². The Labute approximate surface area is 101 Å². The van der Waals surface area contributed by atoms with Gasteiger partial charge in [0.15, 0.2) is 0 Å². The van der Waals surface area contributed by atoms with Crippen LogP contribution in [0.2, 0.25) is 0 Å². The first-order valence-corrected chi connectivity index (χ1v) is 5.97. The normalized spacial score (nSPS) is 12.4. The van der Waals surface area contributed by atoms with Crippen molar-refractivity contribution >= 4 is 5.91 Å². The van der Waals surface area contributed by atoms with E-state index in [1.165, 1.54) is 0 Å². The highest BCUT2D eigenvalue weighted by Gasteiger charge is 2.14. The zero-order valence-corrected chi connectivity index (χ0v) is 10.6. The van der Waals surface area contributed by atoms with Crippen LogP contribution >= 0.6 is 0 Å². The minimum atomic E-state index is -0.268. The number of hydrogen-bond acceptors (Lipinski definition) is 4. The largest absolute Gasteiger partial charge is 0.380 e. The van der Waals surface area contributed by atoms with E-state index in [2.05, 4.69) is 20.5 Å². The van der Waals surface area contributed by atoms with Crippen LogP contribution in [-0.4, -0.2) is 40.3 Å². The zero-order valence-electron chi connectivity index (χ0n) is 10.6. The second-order valence-electron chi connectivity index (χ2n) is 3.89. The highest BCUT2D eigenvalue weighted by atomic mass is 16.5. The summed E-state index contributed by atoms with van der Waals surface area (Å²) in [6, 6.07) is -0.0458. The lowest BCUT2D eigenvalue weighted by molar-refractivity contribution is 0.0862. The maximum Gasteiger partial charge on any atom is 0.291 e. The second-order valence-corrected chi connectivity index (χ2v) is 3.89. The monoisotopic (exact) mass is 240 g/mol. The Morgan fingerprint density at radius 1 is 1.53 bits per heavy atom. The molecule has 0 aliphatic carbocycles. The van der Waals surface area contributed by atoms with Gasteiger partial charge in [0.05, 0.1) is 6.61 Å². The molecule has 0 aliphatic heterocycles. The van der Waals surface area contributed by atoms with Gasteiger partial charge in [-0.05, 0) is 20.3 Å². The number of hydrogen-bond donors (Lipinski definition) is 2. The summed E-state index contributed by atoms with van der Waals surface area (Å²) in [4.78, 5) is 15.8. The average Bonchev–Trinajstić information content (AvgIpc) is 2.75. The number of rotatable bonds is 7. The molecule has 1 unspecified atom stereocenters. The molecule has 0 spiro atoms. The van der Waals surface area contributed by atoms with Crippen molar-refractivity contribution in [2.45, 2.75) is 39.7 Å². The van der Waals surface area contributed by atoms with E-state index in [0.29, 0.717) is 13.2 Å². The van der Waals surface area contributed by atoms with Crippen LogP contribution < -0.4 is 5.32 Å². The lowest BCUT2D eigenvalue weighted by Crippen LogP contribution is -2.36. The molecule has 1 heterocycles. The number of aromatic amines is 1. The quantitative estimate of drug-likeness (QED) is 0.742. The van der Waals surface area contributed by atoms with E-state index < -0.39 is 0 Å². The standard InChI is InChI=1S/C11H20N4O2/c1-4-6-9-13-10(15-14-9)11(16)12-8(3)7-17-5-2/h8H,4-7H2,1-3H3,(H,12,16)(H,13,14,15). The topological polar surface area (TPSA) is 79.9 Å². The Balaban J connectivity index is 2.45. The van der Waals surface area contributed by atoms with Crippen molar-refractivity contribution in [2.75, 3.05) is 13.2 Å². The second kappa shape index (κ2) is 7.01. The number of aromatic nitrogens is 3. The predicted molar refractivity (Wildman–Crippen MR) is 63.8 cm³/mol. The van der Waals surface area contributed by atoms with Crippen LogP contribution in [-0.2, 0) is 11.2 Å². The molecule has 1 aromatic rings. The first-order chi connectivity index (χ1) is 8.17. The molecule has 0 radical (unpaired) electrons. The minimum Gasteiger partial charge on any atom is -0.380 e. The molecule has 6 nitrogen and oxygen atoms in total. The molecule has 1 rings (SSSR count). The third-order valence-electron chi connectivity index (χ3n) is 2.17. The molecular formula is C11H20N4O2. The van der Waals surface area contributed by atoms with Crippen LogP contribution in [0, 0.1) is 0 Å². The molecule has 1 aromatic heterocycles. The molecule has 0 aliphatic rings. The maximum absolute atomic E-state index is 11.7. The van der Waals surface area contributed by atoms with Gasteiger partial charge in [-0.1, -0.05) is 6.92 Å². The molecule has 0 saturated carbocycles. The van der Waals surface area contributed by atoms with Gasteiger partial charge in [0, 0.05) is 19.1 Å². The first-order valence-electron chi connectivity index (χ1n) is 5.97. The predicted octanol–water partition coefficient (Wildman–Crippen LogP) is 0.912. The van der Waals surface area contributed by atoms with E-state index in [-0.39, 0.29) is 17.8 Å². The third-order valence-corrected chi connectivity index (χ3v) is 2.17. The molecular weight excluding hydrogens is 220 g/mol. The summed E-state index contributed by atoms with van der Waals surface area (Å²) in [6.07, 6.45) is 1.77. The van der Waals surface area contributed by atoms with Crippen molar-refractivity contribution in [1.82, 2.24) is 20.5 Å². The van der Waals surface area contributed by atoms with Crippen LogP contribution in [0.15, 0.2) is 0 Å². The number of ether oxygens (including phenoxy) is 1. The fraction of sp³-hybridized carbons (Fsp3) is 0.727. The first kappa shape index (κ1) is 13.6. The number of nitrogens with zero attached hydrogens (tertiary/aromatic N) is 2. The van der Waals surface area contributed by atoms with Crippen molar-refractivity contribution < 1.29 is 9.53 Å². The van der Waals surface area contributed by atoms with Crippen LogP contribution in [0.1, 0.15) is 43.6 Å². The van der Waals surface area contributed by atoms with Crippen molar-refractivity contribution in [2.24, 2.45) is 0 Å². The Morgan fingerprint density at radius 3 is 2.94 bits per heavy atom. The maximum atomic E-state index is 11.7. The Kier molecular flexibility index (Phi) is 5.62. The van der Waals surface area contributed by atoms with Gasteiger partial charge in [-0.3, -0.25) is 9.89 Å². The number of carbonyl (C=O) groups is 1. The molecule has 1 amide bonds. The van der Waals surface area contributed by atoms with E-state index in [1.54, 1.807) is 0 Å². The summed E-state index contributed by atoms with van der Waals surface area (Å²) in [7, 11) is 0. The van der Waals surface area contributed by atoms with Gasteiger partial charge in [-0.2, -0.15) is 0 Å². The van der Waals surface area contributed by atoms with E-state index in [1.807, 2.05) is 20.8 Å². The van der Waals surface area contributed by atoms with Gasteiger partial charge in [0.2, 0.25) is 5.82 Å². The molecule has 96 valence electrons. The van der Waals surface area contributed by atoms with Crippen molar-refractivity contribution in [3.05, 3.63) is 11.6 Å². The molecule has 0 bridgehead atoms. The molecule has 6 heteroatoms. The van der Waals surface area contributed by atoms with Crippen molar-refractivity contribution in [3.8, 4) is 0 Å². The van der Waals surface area contributed by atoms with E-state index in [9.17, 15) is 4.79 Å². The van der Waals surface area contributed by atoms with Gasteiger partial charge in [0.1, 0.15) is 5.82 Å². The SMILES string of the molecule is CCCc1nc(C(=O)NC(C)COCC)n[nH]1. The number of H-pyrrole nitrogens is 1. The fourth-order valence-corrected chi connectivity index (χ4v) is 1.37. The number of aryl methyl sites for hydroxylation is 1. The Morgan fingerprint density at radius 2 is 2.29 bits per heavy atom. The van der Waals surface area contributed by atoms with E-state index >= 15 is 0 Å². The smallest absolute Gasteiger partial charge is 0.291 e. The highest BCUT2D eigenvalue weighted by molar-refractivity contribution is 5.90. The summed E-state index contributed by atoms with van der Waals surface area (Å²) >= 11 is 0. The molecule has 1 atom stereocenters. The van der Waals surface area contributed by atoms with Gasteiger partial charge in [-0.15, -0.1) is 5.10 Å². The molecule has 17 heavy (non-hydrogen) atoms. The summed E-state index contributed by atoms with van der Waals surface area (Å²) in [5.41, 5.74) is 0. The Hall–Kier alpha value is -1.43.